The van der Waals surface area contributed by atoms with Crippen molar-refractivity contribution in [2.24, 2.45) is 0 Å². The summed E-state index contributed by atoms with van der Waals surface area (Å²) in [6.45, 7) is 6.97. The molecule has 1 amide bonds. The molecule has 2 unspecified atom stereocenters. The molecule has 2 atom stereocenters. The minimum absolute atomic E-state index is 0.0644. The fourth-order valence-corrected chi connectivity index (χ4v) is 2.71. The lowest BCUT2D eigenvalue weighted by molar-refractivity contribution is -0.151. The van der Waals surface area contributed by atoms with Gasteiger partial charge in [0.05, 0.1) is 6.04 Å². The number of carboxylic acid groups (broad SMARTS) is 1. The summed E-state index contributed by atoms with van der Waals surface area (Å²) >= 11 is 0. The molecular weight excluding hydrogens is 244 g/mol. The van der Waals surface area contributed by atoms with Gasteiger partial charge in [0, 0.05) is 13.1 Å². The summed E-state index contributed by atoms with van der Waals surface area (Å²) in [5, 5.41) is 12.2. The van der Waals surface area contributed by atoms with E-state index in [0.29, 0.717) is 19.5 Å². The molecule has 0 saturated carbocycles. The maximum Gasteiger partial charge on any atom is 0.323 e. The Kier molecular flexibility index (Phi) is 5.79. The van der Waals surface area contributed by atoms with Crippen LogP contribution in [0.3, 0.4) is 0 Å². The number of hydrogen-bond donors (Lipinski definition) is 2. The highest BCUT2D eigenvalue weighted by molar-refractivity contribution is 5.84. The zero-order valence-corrected chi connectivity index (χ0v) is 12.2. The average molecular weight is 270 g/mol. The largest absolute Gasteiger partial charge is 0.480 e. The predicted octanol–water partition coefficient (Wildman–Crippen LogP) is 1.62. The van der Waals surface area contributed by atoms with Crippen molar-refractivity contribution in [1.82, 2.24) is 10.2 Å². The number of unbranched alkanes of at least 4 members (excludes halogenated alkanes) is 2. The second-order valence-electron chi connectivity index (χ2n) is 5.55. The third kappa shape index (κ3) is 3.69. The van der Waals surface area contributed by atoms with E-state index < -0.39 is 11.5 Å². The van der Waals surface area contributed by atoms with Gasteiger partial charge in [-0.1, -0.05) is 19.8 Å². The number of likely N-dealkylation sites (tertiary alicyclic amines) is 1. The van der Waals surface area contributed by atoms with Crippen LogP contribution in [0.1, 0.15) is 52.9 Å². The number of nitrogens with one attached hydrogen (secondary N) is 1. The first kappa shape index (κ1) is 16.0. The molecule has 0 aromatic heterocycles. The number of nitrogens with zero attached hydrogens (tertiary/aromatic N) is 1. The fourth-order valence-electron chi connectivity index (χ4n) is 2.71. The molecule has 1 aliphatic rings. The van der Waals surface area contributed by atoms with Gasteiger partial charge < -0.3 is 10.4 Å². The molecule has 2 N–H and O–H groups in total. The standard InChI is InChI=1S/C14H26N2O3/c1-4-5-6-9-15-12(17)11(2)16-10-7-8-14(16,3)13(18)19/h11H,4-10H2,1-3H3,(H,15,17)(H,18,19). The first-order valence-electron chi connectivity index (χ1n) is 7.21. The van der Waals surface area contributed by atoms with Crippen LogP contribution in [-0.4, -0.2) is 46.6 Å². The van der Waals surface area contributed by atoms with E-state index in [1.54, 1.807) is 13.8 Å². The van der Waals surface area contributed by atoms with Crippen LogP contribution in [-0.2, 0) is 9.59 Å². The Hall–Kier alpha value is -1.10. The van der Waals surface area contributed by atoms with E-state index in [0.717, 1.165) is 25.7 Å². The molecule has 0 aromatic rings. The number of carbonyl (C=O) groups is 2. The molecule has 0 aromatic carbocycles. The van der Waals surface area contributed by atoms with Crippen molar-refractivity contribution in [2.75, 3.05) is 13.1 Å². The van der Waals surface area contributed by atoms with Crippen molar-refractivity contribution >= 4 is 11.9 Å². The number of hydrogen-bond acceptors (Lipinski definition) is 3. The maximum absolute atomic E-state index is 12.1. The summed E-state index contributed by atoms with van der Waals surface area (Å²) in [5.74, 6) is -0.902. The number of aliphatic carboxylic acids is 1. The van der Waals surface area contributed by atoms with E-state index in [9.17, 15) is 14.7 Å². The van der Waals surface area contributed by atoms with Crippen LogP contribution in [0, 0.1) is 0 Å². The highest BCUT2D eigenvalue weighted by atomic mass is 16.4. The van der Waals surface area contributed by atoms with Crippen LogP contribution < -0.4 is 5.32 Å². The molecule has 0 spiro atoms. The quantitative estimate of drug-likeness (QED) is 0.690. The van der Waals surface area contributed by atoms with E-state index in [1.807, 2.05) is 4.90 Å². The van der Waals surface area contributed by atoms with E-state index in [1.165, 1.54) is 0 Å². The Morgan fingerprint density at radius 2 is 2.11 bits per heavy atom. The molecule has 0 bridgehead atoms. The lowest BCUT2D eigenvalue weighted by Gasteiger charge is -2.35. The molecule has 110 valence electrons. The summed E-state index contributed by atoms with van der Waals surface area (Å²) < 4.78 is 0. The lowest BCUT2D eigenvalue weighted by atomic mass is 9.98. The van der Waals surface area contributed by atoms with E-state index in [-0.39, 0.29) is 11.9 Å². The van der Waals surface area contributed by atoms with Crippen LogP contribution in [0.15, 0.2) is 0 Å². The first-order chi connectivity index (χ1) is 8.93. The van der Waals surface area contributed by atoms with Crippen molar-refractivity contribution in [3.05, 3.63) is 0 Å². The van der Waals surface area contributed by atoms with Crippen LogP contribution in [0.5, 0.6) is 0 Å². The number of carbonyl (C=O) groups excluding carboxylic acids is 1. The van der Waals surface area contributed by atoms with Gasteiger partial charge in [0.1, 0.15) is 5.54 Å². The summed E-state index contributed by atoms with van der Waals surface area (Å²) in [6, 6.07) is -0.384. The van der Waals surface area contributed by atoms with Gasteiger partial charge >= 0.3 is 5.97 Å². The second-order valence-corrected chi connectivity index (χ2v) is 5.55. The molecule has 0 aliphatic carbocycles. The van der Waals surface area contributed by atoms with E-state index in [4.69, 9.17) is 0 Å². The number of rotatable bonds is 7. The molecule has 1 saturated heterocycles. The van der Waals surface area contributed by atoms with E-state index in [2.05, 4.69) is 12.2 Å². The third-order valence-electron chi connectivity index (χ3n) is 4.08. The average Bonchev–Trinajstić information content (AvgIpc) is 2.77. The third-order valence-corrected chi connectivity index (χ3v) is 4.08. The summed E-state index contributed by atoms with van der Waals surface area (Å²) in [5.41, 5.74) is -0.903. The van der Waals surface area contributed by atoms with Crippen molar-refractivity contribution < 1.29 is 14.7 Å². The monoisotopic (exact) mass is 270 g/mol. The Labute approximate surface area is 115 Å². The summed E-state index contributed by atoms with van der Waals surface area (Å²) in [4.78, 5) is 25.3. The van der Waals surface area contributed by atoms with E-state index >= 15 is 0 Å². The van der Waals surface area contributed by atoms with Gasteiger partial charge in [-0.15, -0.1) is 0 Å². The molecule has 1 aliphatic heterocycles. The van der Waals surface area contributed by atoms with Gasteiger partial charge in [-0.25, -0.2) is 0 Å². The maximum atomic E-state index is 12.1. The van der Waals surface area contributed by atoms with Gasteiger partial charge in [-0.2, -0.15) is 0 Å². The van der Waals surface area contributed by atoms with Crippen molar-refractivity contribution in [3.8, 4) is 0 Å². The zero-order chi connectivity index (χ0) is 14.5. The van der Waals surface area contributed by atoms with Gasteiger partial charge in [-0.05, 0) is 33.1 Å². The Morgan fingerprint density at radius 3 is 2.68 bits per heavy atom. The normalized spacial score (nSPS) is 25.2. The molecule has 1 fully saturated rings. The van der Waals surface area contributed by atoms with Crippen molar-refractivity contribution in [3.63, 3.8) is 0 Å². The van der Waals surface area contributed by atoms with Gasteiger partial charge in [0.25, 0.3) is 0 Å². The molecular formula is C14H26N2O3. The molecule has 0 radical (unpaired) electrons. The molecule has 1 heterocycles. The number of amides is 1. The predicted molar refractivity (Wildman–Crippen MR) is 74.0 cm³/mol. The van der Waals surface area contributed by atoms with Crippen molar-refractivity contribution in [2.45, 2.75) is 64.5 Å². The summed E-state index contributed by atoms with van der Waals surface area (Å²) in [6.07, 6.45) is 4.64. The topological polar surface area (TPSA) is 69.6 Å². The minimum Gasteiger partial charge on any atom is -0.480 e. The van der Waals surface area contributed by atoms with Gasteiger partial charge in [-0.3, -0.25) is 14.5 Å². The second kappa shape index (κ2) is 6.89. The van der Waals surface area contributed by atoms with Crippen molar-refractivity contribution in [1.29, 1.82) is 0 Å². The minimum atomic E-state index is -0.903. The lowest BCUT2D eigenvalue weighted by Crippen LogP contribution is -2.56. The molecule has 1 rings (SSSR count). The SMILES string of the molecule is CCCCCNC(=O)C(C)N1CCCC1(C)C(=O)O. The van der Waals surface area contributed by atoms with Crippen LogP contribution in [0.25, 0.3) is 0 Å². The molecule has 5 nitrogen and oxygen atoms in total. The van der Waals surface area contributed by atoms with Crippen LogP contribution >= 0.6 is 0 Å². The van der Waals surface area contributed by atoms with Gasteiger partial charge in [0.2, 0.25) is 5.91 Å². The Balaban J connectivity index is 2.54. The number of carboxylic acids is 1. The zero-order valence-electron chi connectivity index (χ0n) is 12.2. The Bertz CT molecular complexity index is 333. The van der Waals surface area contributed by atoms with Gasteiger partial charge in [0.15, 0.2) is 0 Å². The first-order valence-corrected chi connectivity index (χ1v) is 7.21. The summed E-state index contributed by atoms with van der Waals surface area (Å²) in [7, 11) is 0. The highest BCUT2D eigenvalue weighted by Crippen LogP contribution is 2.31. The molecule has 5 heteroatoms. The van der Waals surface area contributed by atoms with Crippen LogP contribution in [0.2, 0.25) is 0 Å². The smallest absolute Gasteiger partial charge is 0.323 e. The Morgan fingerprint density at radius 1 is 1.42 bits per heavy atom. The fraction of sp³-hybridized carbons (Fsp3) is 0.857. The van der Waals surface area contributed by atoms with Crippen LogP contribution in [0.4, 0.5) is 0 Å². The molecule has 19 heavy (non-hydrogen) atoms. The highest BCUT2D eigenvalue weighted by Gasteiger charge is 2.46.